The maximum absolute atomic E-state index is 11.0. The minimum absolute atomic E-state index is 0.153. The van der Waals surface area contributed by atoms with Crippen LogP contribution in [0.4, 0.5) is 5.69 Å². The maximum Gasteiger partial charge on any atom is 0.236 e. The molecule has 6 heteroatoms. The third-order valence-corrected chi connectivity index (χ3v) is 2.49. The van der Waals surface area contributed by atoms with Gasteiger partial charge in [-0.05, 0) is 26.0 Å². The van der Waals surface area contributed by atoms with Gasteiger partial charge in [0.25, 0.3) is 0 Å². The first-order valence-corrected chi connectivity index (χ1v) is 5.63. The summed E-state index contributed by atoms with van der Waals surface area (Å²) in [4.78, 5) is 17.2. The second kappa shape index (κ2) is 5.58. The van der Waals surface area contributed by atoms with Crippen molar-refractivity contribution in [2.24, 2.45) is 11.5 Å². The van der Waals surface area contributed by atoms with Crippen molar-refractivity contribution < 1.29 is 4.79 Å². The summed E-state index contributed by atoms with van der Waals surface area (Å²) in [6.07, 6.45) is 1.64. The Balaban J connectivity index is 2.95. The minimum Gasteiger partial charge on any atom is -0.388 e. The molecule has 0 spiro atoms. The lowest BCUT2D eigenvalue weighted by Gasteiger charge is -2.27. The number of anilines is 1. The number of carbonyl (C=O) groups excluding carboxylic acids is 1. The van der Waals surface area contributed by atoms with Crippen LogP contribution in [0.25, 0.3) is 0 Å². The predicted octanol–water partition coefficient (Wildman–Crippen LogP) is 0.416. The molecule has 0 aliphatic heterocycles. The van der Waals surface area contributed by atoms with Gasteiger partial charge in [-0.2, -0.15) is 0 Å². The van der Waals surface area contributed by atoms with E-state index in [0.29, 0.717) is 5.69 Å². The van der Waals surface area contributed by atoms with E-state index in [1.165, 1.54) is 0 Å². The number of pyridine rings is 1. The van der Waals surface area contributed by atoms with Crippen molar-refractivity contribution in [2.45, 2.75) is 19.9 Å². The van der Waals surface area contributed by atoms with E-state index in [0.717, 1.165) is 5.69 Å². The van der Waals surface area contributed by atoms with E-state index in [1.54, 1.807) is 12.3 Å². The number of amides is 1. The standard InChI is InChI=1S/C11H16N4OS/c1-7(2)15(6-10(12)16)8-3-4-9(11(13)17)14-5-8/h3-5,7H,6H2,1-2H3,(H2,12,16)(H2,13,17). The highest BCUT2D eigenvalue weighted by Crippen LogP contribution is 2.15. The number of carbonyl (C=O) groups is 1. The van der Waals surface area contributed by atoms with Gasteiger partial charge in [0.15, 0.2) is 0 Å². The summed E-state index contributed by atoms with van der Waals surface area (Å²) in [6.45, 7) is 4.11. The summed E-state index contributed by atoms with van der Waals surface area (Å²) < 4.78 is 0. The lowest BCUT2D eigenvalue weighted by molar-refractivity contribution is -0.116. The molecule has 1 amide bonds. The Kier molecular flexibility index (Phi) is 4.39. The molecule has 5 nitrogen and oxygen atoms in total. The van der Waals surface area contributed by atoms with Gasteiger partial charge in [0, 0.05) is 6.04 Å². The molecule has 17 heavy (non-hydrogen) atoms. The molecule has 4 N–H and O–H groups in total. The Morgan fingerprint density at radius 1 is 1.47 bits per heavy atom. The van der Waals surface area contributed by atoms with E-state index >= 15 is 0 Å². The fourth-order valence-corrected chi connectivity index (χ4v) is 1.56. The maximum atomic E-state index is 11.0. The van der Waals surface area contributed by atoms with Crippen molar-refractivity contribution in [1.82, 2.24) is 4.98 Å². The fraction of sp³-hybridized carbons (Fsp3) is 0.364. The van der Waals surface area contributed by atoms with Gasteiger partial charge >= 0.3 is 0 Å². The van der Waals surface area contributed by atoms with Crippen LogP contribution in [0, 0.1) is 0 Å². The number of rotatable bonds is 5. The SMILES string of the molecule is CC(C)N(CC(N)=O)c1ccc(C(N)=S)nc1. The summed E-state index contributed by atoms with van der Waals surface area (Å²) in [5.74, 6) is -0.378. The second-order valence-electron chi connectivity index (χ2n) is 3.95. The molecule has 0 saturated heterocycles. The van der Waals surface area contributed by atoms with Gasteiger partial charge < -0.3 is 16.4 Å². The first-order valence-electron chi connectivity index (χ1n) is 5.22. The van der Waals surface area contributed by atoms with Crippen LogP contribution in [-0.2, 0) is 4.79 Å². The molecule has 1 aromatic rings. The average Bonchev–Trinajstić information content (AvgIpc) is 2.25. The van der Waals surface area contributed by atoms with Crippen molar-refractivity contribution in [2.75, 3.05) is 11.4 Å². The largest absolute Gasteiger partial charge is 0.388 e. The molecule has 0 unspecified atom stereocenters. The molecule has 1 rings (SSSR count). The Hall–Kier alpha value is -1.69. The highest BCUT2D eigenvalue weighted by molar-refractivity contribution is 7.80. The third-order valence-electron chi connectivity index (χ3n) is 2.28. The molecule has 0 radical (unpaired) electrons. The highest BCUT2D eigenvalue weighted by Gasteiger charge is 2.13. The minimum atomic E-state index is -0.378. The normalized spacial score (nSPS) is 10.3. The first kappa shape index (κ1) is 13.4. The Labute approximate surface area is 106 Å². The van der Waals surface area contributed by atoms with Crippen LogP contribution in [-0.4, -0.2) is 28.5 Å². The molecule has 0 aliphatic carbocycles. The molecule has 0 fully saturated rings. The van der Waals surface area contributed by atoms with Gasteiger partial charge in [0.1, 0.15) is 4.99 Å². The lowest BCUT2D eigenvalue weighted by atomic mass is 10.2. The van der Waals surface area contributed by atoms with Crippen molar-refractivity contribution in [3.63, 3.8) is 0 Å². The van der Waals surface area contributed by atoms with Gasteiger partial charge in [-0.1, -0.05) is 12.2 Å². The first-order chi connectivity index (χ1) is 7.91. The molecule has 1 heterocycles. The second-order valence-corrected chi connectivity index (χ2v) is 4.39. The van der Waals surface area contributed by atoms with Crippen LogP contribution < -0.4 is 16.4 Å². The highest BCUT2D eigenvalue weighted by atomic mass is 32.1. The number of hydrogen-bond acceptors (Lipinski definition) is 4. The van der Waals surface area contributed by atoms with E-state index in [9.17, 15) is 4.79 Å². The van der Waals surface area contributed by atoms with Gasteiger partial charge in [-0.15, -0.1) is 0 Å². The monoisotopic (exact) mass is 252 g/mol. The molecule has 0 aliphatic rings. The topological polar surface area (TPSA) is 85.2 Å². The molecule has 0 saturated carbocycles. The summed E-state index contributed by atoms with van der Waals surface area (Å²) in [5, 5.41) is 0. The summed E-state index contributed by atoms with van der Waals surface area (Å²) in [6, 6.07) is 3.71. The van der Waals surface area contributed by atoms with Crippen LogP contribution in [0.3, 0.4) is 0 Å². The van der Waals surface area contributed by atoms with Gasteiger partial charge in [-0.3, -0.25) is 9.78 Å². The smallest absolute Gasteiger partial charge is 0.236 e. The van der Waals surface area contributed by atoms with Crippen LogP contribution in [0.15, 0.2) is 18.3 Å². The predicted molar refractivity (Wildman–Crippen MR) is 71.8 cm³/mol. The van der Waals surface area contributed by atoms with Crippen LogP contribution in [0.5, 0.6) is 0 Å². The van der Waals surface area contributed by atoms with Gasteiger partial charge in [0.2, 0.25) is 5.91 Å². The number of aromatic nitrogens is 1. The Morgan fingerprint density at radius 3 is 2.47 bits per heavy atom. The molecular formula is C11H16N4OS. The quantitative estimate of drug-likeness (QED) is 0.742. The van der Waals surface area contributed by atoms with E-state index in [1.807, 2.05) is 24.8 Å². The summed E-state index contributed by atoms with van der Waals surface area (Å²) in [5.41, 5.74) is 12.0. The zero-order chi connectivity index (χ0) is 13.0. The van der Waals surface area contributed by atoms with Crippen molar-refractivity contribution >= 4 is 28.8 Å². The Bertz CT molecular complexity index is 416. The van der Waals surface area contributed by atoms with Crippen molar-refractivity contribution in [3.05, 3.63) is 24.0 Å². The number of hydrogen-bond donors (Lipinski definition) is 2. The van der Waals surface area contributed by atoms with Crippen LogP contribution in [0.2, 0.25) is 0 Å². The Morgan fingerprint density at radius 2 is 2.12 bits per heavy atom. The average molecular weight is 252 g/mol. The molecule has 1 aromatic heterocycles. The van der Waals surface area contributed by atoms with E-state index < -0.39 is 0 Å². The van der Waals surface area contributed by atoms with E-state index in [4.69, 9.17) is 23.7 Å². The van der Waals surface area contributed by atoms with Crippen molar-refractivity contribution in [1.29, 1.82) is 0 Å². The van der Waals surface area contributed by atoms with Gasteiger partial charge in [0.05, 0.1) is 24.1 Å². The zero-order valence-corrected chi connectivity index (χ0v) is 10.7. The van der Waals surface area contributed by atoms with Crippen LogP contribution >= 0.6 is 12.2 Å². The number of nitrogens with zero attached hydrogens (tertiary/aromatic N) is 2. The van der Waals surface area contributed by atoms with Crippen LogP contribution in [0.1, 0.15) is 19.5 Å². The summed E-state index contributed by atoms with van der Waals surface area (Å²) >= 11 is 4.82. The molecular weight excluding hydrogens is 236 g/mol. The van der Waals surface area contributed by atoms with E-state index in [-0.39, 0.29) is 23.5 Å². The molecule has 92 valence electrons. The van der Waals surface area contributed by atoms with Gasteiger partial charge in [-0.25, -0.2) is 0 Å². The molecule has 0 aromatic carbocycles. The van der Waals surface area contributed by atoms with Crippen molar-refractivity contribution in [3.8, 4) is 0 Å². The zero-order valence-electron chi connectivity index (χ0n) is 9.88. The summed E-state index contributed by atoms with van der Waals surface area (Å²) in [7, 11) is 0. The molecule has 0 atom stereocenters. The number of primary amides is 1. The number of nitrogens with two attached hydrogens (primary N) is 2. The van der Waals surface area contributed by atoms with E-state index in [2.05, 4.69) is 4.98 Å². The lowest BCUT2D eigenvalue weighted by Crippen LogP contribution is -2.38. The number of thiocarbonyl (C=S) groups is 1. The fourth-order valence-electron chi connectivity index (χ4n) is 1.44. The third kappa shape index (κ3) is 3.67. The molecule has 0 bridgehead atoms.